The molecule has 39 heavy (non-hydrogen) atoms. The molecule has 0 fully saturated rings. The van der Waals surface area contributed by atoms with Crippen molar-refractivity contribution in [1.82, 2.24) is 5.32 Å². The summed E-state index contributed by atoms with van der Waals surface area (Å²) in [6.07, 6.45) is 4.62. The summed E-state index contributed by atoms with van der Waals surface area (Å²) in [6.45, 7) is 7.67. The van der Waals surface area contributed by atoms with Gasteiger partial charge < -0.3 is 20.1 Å². The van der Waals surface area contributed by atoms with Crippen LogP contribution in [0.4, 0.5) is 5.69 Å². The molecule has 1 heterocycles. The predicted molar refractivity (Wildman–Crippen MR) is 152 cm³/mol. The molecule has 1 aliphatic rings. The number of rotatable bonds is 9. The third-order valence-corrected chi connectivity index (χ3v) is 6.86. The molecular weight excluding hydrogens is 492 g/mol. The summed E-state index contributed by atoms with van der Waals surface area (Å²) in [6, 6.07) is 17.1. The average Bonchev–Trinajstić information content (AvgIpc) is 2.94. The van der Waals surface area contributed by atoms with Crippen LogP contribution in [0, 0.1) is 20.8 Å². The summed E-state index contributed by atoms with van der Waals surface area (Å²) in [7, 11) is 0. The molecule has 0 bridgehead atoms. The van der Waals surface area contributed by atoms with Crippen LogP contribution >= 0.6 is 0 Å². The summed E-state index contributed by atoms with van der Waals surface area (Å²) in [5.74, 6) is 0.250. The smallest absolute Gasteiger partial charge is 0.308 e. The van der Waals surface area contributed by atoms with Gasteiger partial charge in [0.15, 0.2) is 0 Å². The van der Waals surface area contributed by atoms with E-state index in [4.69, 9.17) is 9.47 Å². The fourth-order valence-electron chi connectivity index (χ4n) is 4.62. The highest BCUT2D eigenvalue weighted by Crippen LogP contribution is 2.41. The molecule has 3 aromatic rings. The third kappa shape index (κ3) is 6.74. The molecule has 0 aromatic heterocycles. The second kappa shape index (κ2) is 12.4. The number of nitrogens with one attached hydrogen (secondary N) is 2. The van der Waals surface area contributed by atoms with Crippen LogP contribution in [0.25, 0.3) is 6.08 Å². The minimum absolute atomic E-state index is 0.106. The molecule has 0 unspecified atom stereocenters. The molecule has 4 rings (SSSR count). The molecule has 7 heteroatoms. The molecule has 0 spiro atoms. The van der Waals surface area contributed by atoms with Crippen molar-refractivity contribution in [3.63, 3.8) is 0 Å². The highest BCUT2D eigenvalue weighted by molar-refractivity contribution is 6.08. The van der Waals surface area contributed by atoms with Gasteiger partial charge in [0.25, 0.3) is 11.8 Å². The van der Waals surface area contributed by atoms with Crippen LogP contribution in [0.2, 0.25) is 0 Å². The number of aryl methyl sites for hydroxylation is 1. The number of fused-ring (bicyclic) bond motifs is 1. The van der Waals surface area contributed by atoms with E-state index in [1.165, 1.54) is 12.5 Å². The number of unbranched alkanes of at least 4 members (excludes halogenated alkanes) is 1. The highest BCUT2D eigenvalue weighted by atomic mass is 16.5. The number of amides is 2. The van der Waals surface area contributed by atoms with Crippen molar-refractivity contribution in [3.05, 3.63) is 93.6 Å². The Kier molecular flexibility index (Phi) is 8.81. The maximum atomic E-state index is 13.1. The van der Waals surface area contributed by atoms with E-state index < -0.39 is 5.97 Å². The second-order valence-electron chi connectivity index (χ2n) is 9.73. The number of carbonyl (C=O) groups excluding carboxylic acids is 3. The SMILES string of the molecule is CC(=O)Oc1c(C)c(C)c2c(c1C)C=C(C(=O)Nc1cccc(C(=O)NCCCCc3ccccc3)c1)CO2. The Bertz CT molecular complexity index is 1430. The van der Waals surface area contributed by atoms with Crippen LogP contribution in [0.1, 0.15) is 57.9 Å². The molecule has 2 N–H and O–H groups in total. The lowest BCUT2D eigenvalue weighted by Crippen LogP contribution is -2.25. The van der Waals surface area contributed by atoms with Gasteiger partial charge in [-0.3, -0.25) is 14.4 Å². The predicted octanol–water partition coefficient (Wildman–Crippen LogP) is 5.70. The number of hydrogen-bond acceptors (Lipinski definition) is 5. The van der Waals surface area contributed by atoms with Crippen molar-refractivity contribution in [2.24, 2.45) is 0 Å². The van der Waals surface area contributed by atoms with Crippen LogP contribution in [0.15, 0.2) is 60.2 Å². The van der Waals surface area contributed by atoms with E-state index in [9.17, 15) is 14.4 Å². The van der Waals surface area contributed by atoms with E-state index in [0.29, 0.717) is 40.4 Å². The monoisotopic (exact) mass is 526 g/mol. The van der Waals surface area contributed by atoms with Crippen molar-refractivity contribution in [3.8, 4) is 11.5 Å². The third-order valence-electron chi connectivity index (χ3n) is 6.86. The van der Waals surface area contributed by atoms with Gasteiger partial charge in [0, 0.05) is 35.8 Å². The van der Waals surface area contributed by atoms with E-state index in [1.807, 2.05) is 39.0 Å². The lowest BCUT2D eigenvalue weighted by atomic mass is 9.94. The molecule has 3 aromatic carbocycles. The van der Waals surface area contributed by atoms with Gasteiger partial charge in [0.05, 0.1) is 5.57 Å². The van der Waals surface area contributed by atoms with E-state index >= 15 is 0 Å². The maximum absolute atomic E-state index is 13.1. The van der Waals surface area contributed by atoms with Crippen molar-refractivity contribution in [2.45, 2.75) is 47.0 Å². The first-order valence-electron chi connectivity index (χ1n) is 13.1. The maximum Gasteiger partial charge on any atom is 0.308 e. The van der Waals surface area contributed by atoms with Crippen molar-refractivity contribution in [1.29, 1.82) is 0 Å². The summed E-state index contributed by atoms with van der Waals surface area (Å²) in [4.78, 5) is 37.4. The molecule has 0 aliphatic carbocycles. The van der Waals surface area contributed by atoms with Gasteiger partial charge >= 0.3 is 5.97 Å². The Balaban J connectivity index is 1.39. The van der Waals surface area contributed by atoms with Gasteiger partial charge in [-0.1, -0.05) is 36.4 Å². The highest BCUT2D eigenvalue weighted by Gasteiger charge is 2.25. The molecule has 2 amide bonds. The second-order valence-corrected chi connectivity index (χ2v) is 9.73. The molecule has 0 atom stereocenters. The van der Waals surface area contributed by atoms with Gasteiger partial charge in [0.1, 0.15) is 18.1 Å². The van der Waals surface area contributed by atoms with Crippen LogP contribution in [-0.2, 0) is 16.0 Å². The molecule has 0 saturated carbocycles. The lowest BCUT2D eigenvalue weighted by molar-refractivity contribution is -0.132. The zero-order chi connectivity index (χ0) is 27.9. The van der Waals surface area contributed by atoms with Crippen LogP contribution in [0.3, 0.4) is 0 Å². The summed E-state index contributed by atoms with van der Waals surface area (Å²) in [5, 5.41) is 5.83. The number of hydrogen-bond donors (Lipinski definition) is 2. The van der Waals surface area contributed by atoms with Crippen molar-refractivity contribution < 1.29 is 23.9 Å². The standard InChI is InChI=1S/C32H34N2O5/c1-20-21(2)30-28(22(3)29(20)39-23(4)35)18-26(19-38-30)32(37)34-27-15-10-14-25(17-27)31(36)33-16-9-8-13-24-11-6-5-7-12-24/h5-7,10-12,14-15,17-18H,8-9,13,16,19H2,1-4H3,(H,33,36)(H,34,37). The first kappa shape index (κ1) is 27.6. The fraction of sp³-hybridized carbons (Fsp3) is 0.281. The van der Waals surface area contributed by atoms with Gasteiger partial charge in [-0.25, -0.2) is 0 Å². The van der Waals surface area contributed by atoms with Crippen LogP contribution < -0.4 is 20.1 Å². The van der Waals surface area contributed by atoms with Crippen LogP contribution in [-0.4, -0.2) is 30.9 Å². The van der Waals surface area contributed by atoms with Gasteiger partial charge in [-0.2, -0.15) is 0 Å². The molecular formula is C32H34N2O5. The molecule has 0 radical (unpaired) electrons. The number of ether oxygens (including phenoxy) is 2. The minimum Gasteiger partial charge on any atom is -0.488 e. The normalized spacial score (nSPS) is 12.1. The summed E-state index contributed by atoms with van der Waals surface area (Å²) >= 11 is 0. The lowest BCUT2D eigenvalue weighted by Gasteiger charge is -2.24. The quantitative estimate of drug-likeness (QED) is 0.212. The Hall–Kier alpha value is -4.39. The molecule has 202 valence electrons. The molecule has 1 aliphatic heterocycles. The average molecular weight is 527 g/mol. The Morgan fingerprint density at radius 2 is 1.67 bits per heavy atom. The first-order chi connectivity index (χ1) is 18.7. The van der Waals surface area contributed by atoms with Gasteiger partial charge in [0.2, 0.25) is 0 Å². The van der Waals surface area contributed by atoms with E-state index in [0.717, 1.165) is 36.0 Å². The molecule has 0 saturated heterocycles. The van der Waals surface area contributed by atoms with E-state index in [-0.39, 0.29) is 18.4 Å². The Morgan fingerprint density at radius 3 is 2.41 bits per heavy atom. The van der Waals surface area contributed by atoms with Gasteiger partial charge in [-0.15, -0.1) is 0 Å². The number of anilines is 1. The molecule has 7 nitrogen and oxygen atoms in total. The topological polar surface area (TPSA) is 93.7 Å². The Labute approximate surface area is 229 Å². The first-order valence-corrected chi connectivity index (χ1v) is 13.1. The van der Waals surface area contributed by atoms with Crippen molar-refractivity contribution in [2.75, 3.05) is 18.5 Å². The zero-order valence-electron chi connectivity index (χ0n) is 22.9. The Morgan fingerprint density at radius 1 is 0.897 bits per heavy atom. The number of carbonyl (C=O) groups is 3. The largest absolute Gasteiger partial charge is 0.488 e. The van der Waals surface area contributed by atoms with Gasteiger partial charge in [-0.05, 0) is 81.0 Å². The van der Waals surface area contributed by atoms with Crippen LogP contribution in [0.5, 0.6) is 11.5 Å². The summed E-state index contributed by atoms with van der Waals surface area (Å²) < 4.78 is 11.4. The minimum atomic E-state index is -0.407. The van der Waals surface area contributed by atoms with Crippen molar-refractivity contribution >= 4 is 29.5 Å². The zero-order valence-corrected chi connectivity index (χ0v) is 22.9. The van der Waals surface area contributed by atoms with E-state index in [2.05, 4.69) is 22.8 Å². The fourth-order valence-corrected chi connectivity index (χ4v) is 4.62. The number of benzene rings is 3. The number of esters is 1. The van der Waals surface area contributed by atoms with E-state index in [1.54, 1.807) is 30.3 Å². The summed E-state index contributed by atoms with van der Waals surface area (Å²) in [5.41, 5.74) is 5.84.